The van der Waals surface area contributed by atoms with Gasteiger partial charge in [0, 0.05) is 30.4 Å². The molecule has 0 fully saturated rings. The Morgan fingerprint density at radius 3 is 2.26 bits per heavy atom. The van der Waals surface area contributed by atoms with Crippen LogP contribution in [0, 0.1) is 5.92 Å². The van der Waals surface area contributed by atoms with Gasteiger partial charge in [-0.15, -0.1) is 0 Å². The normalized spacial score (nSPS) is 14.8. The van der Waals surface area contributed by atoms with Gasteiger partial charge in [0.2, 0.25) is 11.8 Å². The number of carbonyl (C=O) groups excluding carboxylic acids is 3. The van der Waals surface area contributed by atoms with Gasteiger partial charge in [-0.25, -0.2) is 4.79 Å². The van der Waals surface area contributed by atoms with Gasteiger partial charge in [0.15, 0.2) is 0 Å². The zero-order valence-corrected chi connectivity index (χ0v) is 23.0. The number of esters is 1. The summed E-state index contributed by atoms with van der Waals surface area (Å²) in [6.07, 6.45) is 0. The zero-order chi connectivity index (χ0) is 28.1. The number of nitrogens with zero attached hydrogens (tertiary/aromatic N) is 3. The Hall–Kier alpha value is -4.30. The highest BCUT2D eigenvalue weighted by atomic mass is 16.5. The number of rotatable bonds is 9. The number of ether oxygens (including phenoxy) is 1. The Bertz CT molecular complexity index is 1380. The van der Waals surface area contributed by atoms with Crippen molar-refractivity contribution in [1.29, 1.82) is 0 Å². The van der Waals surface area contributed by atoms with E-state index in [2.05, 4.69) is 5.32 Å². The van der Waals surface area contributed by atoms with E-state index in [1.165, 1.54) is 7.11 Å². The molecule has 0 spiro atoms. The molecule has 1 aliphatic rings. The first kappa shape index (κ1) is 27.7. The maximum Gasteiger partial charge on any atom is 0.337 e. The van der Waals surface area contributed by atoms with Crippen LogP contribution in [0.5, 0.6) is 0 Å². The third kappa shape index (κ3) is 6.23. The number of methoxy groups -OCH3 is 1. The van der Waals surface area contributed by atoms with Crippen LogP contribution < -0.4 is 10.2 Å². The van der Waals surface area contributed by atoms with Gasteiger partial charge < -0.3 is 19.9 Å². The quantitative estimate of drug-likeness (QED) is 0.317. The minimum Gasteiger partial charge on any atom is -0.465 e. The summed E-state index contributed by atoms with van der Waals surface area (Å²) in [7, 11) is 5.28. The number of amides is 2. The fourth-order valence-electron chi connectivity index (χ4n) is 4.51. The molecule has 1 heterocycles. The average molecular weight is 527 g/mol. The van der Waals surface area contributed by atoms with E-state index in [1.807, 2.05) is 87.4 Å². The van der Waals surface area contributed by atoms with Gasteiger partial charge in [-0.1, -0.05) is 50.2 Å². The van der Waals surface area contributed by atoms with E-state index in [1.54, 1.807) is 23.1 Å². The SMILES string of the molecule is COC(=O)c1ccc2c(c1)NC(=O)C2C(=Nc1ccc(N(CCN(C)C)C(=O)C(C)C)cc1)c1ccccc1. The lowest BCUT2D eigenvalue weighted by molar-refractivity contribution is -0.121. The number of benzene rings is 3. The lowest BCUT2D eigenvalue weighted by Gasteiger charge is -2.26. The zero-order valence-electron chi connectivity index (χ0n) is 23.0. The van der Waals surface area contributed by atoms with Crippen molar-refractivity contribution in [2.75, 3.05) is 44.5 Å². The first-order valence-electron chi connectivity index (χ1n) is 12.9. The molecule has 0 radical (unpaired) electrons. The molecule has 39 heavy (non-hydrogen) atoms. The summed E-state index contributed by atoms with van der Waals surface area (Å²) in [5.74, 6) is -1.42. The first-order valence-corrected chi connectivity index (χ1v) is 12.9. The molecular formula is C31H34N4O4. The highest BCUT2D eigenvalue weighted by Crippen LogP contribution is 2.37. The summed E-state index contributed by atoms with van der Waals surface area (Å²) in [5.41, 5.74) is 4.53. The van der Waals surface area contributed by atoms with E-state index in [0.29, 0.717) is 29.2 Å². The molecule has 1 atom stereocenters. The van der Waals surface area contributed by atoms with Crippen LogP contribution >= 0.6 is 0 Å². The molecule has 2 amide bonds. The smallest absolute Gasteiger partial charge is 0.337 e. The van der Waals surface area contributed by atoms with Gasteiger partial charge in [0.25, 0.3) is 0 Å². The molecule has 0 aromatic heterocycles. The lowest BCUT2D eigenvalue weighted by Crippen LogP contribution is -2.39. The van der Waals surface area contributed by atoms with Crippen molar-refractivity contribution in [3.8, 4) is 0 Å². The Kier molecular flexibility index (Phi) is 8.56. The molecular weight excluding hydrogens is 492 g/mol. The maximum atomic E-state index is 13.2. The van der Waals surface area contributed by atoms with Crippen molar-refractivity contribution >= 4 is 40.6 Å². The largest absolute Gasteiger partial charge is 0.465 e. The Labute approximate surface area is 229 Å². The summed E-state index contributed by atoms with van der Waals surface area (Å²) in [6, 6.07) is 22.1. The molecule has 0 bridgehead atoms. The second-order valence-electron chi connectivity index (χ2n) is 10.0. The van der Waals surface area contributed by atoms with Crippen LogP contribution in [-0.2, 0) is 14.3 Å². The minimum absolute atomic E-state index is 0.0589. The second kappa shape index (κ2) is 12.0. The number of hydrogen-bond acceptors (Lipinski definition) is 6. The molecule has 0 aliphatic carbocycles. The third-order valence-electron chi connectivity index (χ3n) is 6.59. The van der Waals surface area contributed by atoms with Crippen molar-refractivity contribution in [2.24, 2.45) is 10.9 Å². The summed E-state index contributed by atoms with van der Waals surface area (Å²) in [5, 5.41) is 2.90. The van der Waals surface area contributed by atoms with E-state index in [4.69, 9.17) is 9.73 Å². The highest BCUT2D eigenvalue weighted by molar-refractivity contribution is 6.24. The Balaban J connectivity index is 1.72. The molecule has 3 aromatic carbocycles. The van der Waals surface area contributed by atoms with E-state index in [9.17, 15) is 14.4 Å². The standard InChI is InChI=1S/C31H34N4O4/c1-20(2)30(37)35(18-17-34(3)4)24-14-12-23(13-15-24)32-28(21-9-7-6-8-10-21)27-25-16-11-22(31(38)39-5)19-26(25)33-29(27)36/h6-16,19-20,27H,17-18H2,1-5H3,(H,33,36). The van der Waals surface area contributed by atoms with Crippen LogP contribution in [0.1, 0.15) is 41.3 Å². The first-order chi connectivity index (χ1) is 18.7. The summed E-state index contributed by atoms with van der Waals surface area (Å²) >= 11 is 0. The van der Waals surface area contributed by atoms with Crippen LogP contribution in [0.15, 0.2) is 77.8 Å². The monoisotopic (exact) mass is 526 g/mol. The van der Waals surface area contributed by atoms with E-state index in [0.717, 1.165) is 23.4 Å². The molecule has 1 aliphatic heterocycles. The van der Waals surface area contributed by atoms with Crippen molar-refractivity contribution in [1.82, 2.24) is 4.90 Å². The predicted molar refractivity (Wildman–Crippen MR) is 154 cm³/mol. The number of likely N-dealkylation sites (N-methyl/N-ethyl adjacent to an activating group) is 1. The van der Waals surface area contributed by atoms with Gasteiger partial charge >= 0.3 is 5.97 Å². The van der Waals surface area contributed by atoms with Crippen LogP contribution in [0.25, 0.3) is 0 Å². The van der Waals surface area contributed by atoms with Gasteiger partial charge in [0.05, 0.1) is 24.1 Å². The Morgan fingerprint density at radius 2 is 1.64 bits per heavy atom. The molecule has 4 rings (SSSR count). The van der Waals surface area contributed by atoms with Crippen LogP contribution in [-0.4, -0.2) is 62.7 Å². The van der Waals surface area contributed by atoms with Crippen LogP contribution in [0.4, 0.5) is 17.1 Å². The fraction of sp³-hybridized carbons (Fsp3) is 0.290. The molecule has 3 aromatic rings. The lowest BCUT2D eigenvalue weighted by atomic mass is 9.90. The van der Waals surface area contributed by atoms with Crippen LogP contribution in [0.3, 0.4) is 0 Å². The van der Waals surface area contributed by atoms with Gasteiger partial charge in [-0.2, -0.15) is 0 Å². The summed E-state index contributed by atoms with van der Waals surface area (Å²) in [4.78, 5) is 47.0. The maximum absolute atomic E-state index is 13.2. The molecule has 0 saturated carbocycles. The Morgan fingerprint density at radius 1 is 0.949 bits per heavy atom. The van der Waals surface area contributed by atoms with Crippen molar-refractivity contribution in [3.63, 3.8) is 0 Å². The predicted octanol–water partition coefficient (Wildman–Crippen LogP) is 4.88. The van der Waals surface area contributed by atoms with E-state index >= 15 is 0 Å². The molecule has 8 nitrogen and oxygen atoms in total. The molecule has 0 saturated heterocycles. The topological polar surface area (TPSA) is 91.3 Å². The summed E-state index contributed by atoms with van der Waals surface area (Å²) < 4.78 is 4.82. The van der Waals surface area contributed by atoms with Crippen LogP contribution in [0.2, 0.25) is 0 Å². The van der Waals surface area contributed by atoms with Crippen molar-refractivity contribution in [3.05, 3.63) is 89.5 Å². The average Bonchev–Trinajstić information content (AvgIpc) is 3.26. The van der Waals surface area contributed by atoms with Gasteiger partial charge in [-0.05, 0) is 61.6 Å². The third-order valence-corrected chi connectivity index (χ3v) is 6.59. The van der Waals surface area contributed by atoms with E-state index in [-0.39, 0.29) is 17.7 Å². The van der Waals surface area contributed by atoms with E-state index < -0.39 is 11.9 Å². The molecule has 1 unspecified atom stereocenters. The number of carbonyl (C=O) groups is 3. The number of hydrogen-bond donors (Lipinski definition) is 1. The van der Waals surface area contributed by atoms with Gasteiger partial charge in [-0.3, -0.25) is 14.6 Å². The minimum atomic E-state index is -0.659. The molecule has 1 N–H and O–H groups in total. The number of fused-ring (bicyclic) bond motifs is 1. The van der Waals surface area contributed by atoms with Crippen molar-refractivity contribution in [2.45, 2.75) is 19.8 Å². The second-order valence-corrected chi connectivity index (χ2v) is 10.0. The molecule has 8 heteroatoms. The molecule has 202 valence electrons. The summed E-state index contributed by atoms with van der Waals surface area (Å²) in [6.45, 7) is 5.11. The number of nitrogens with one attached hydrogen (secondary N) is 1. The van der Waals surface area contributed by atoms with Crippen molar-refractivity contribution < 1.29 is 19.1 Å². The van der Waals surface area contributed by atoms with Gasteiger partial charge in [0.1, 0.15) is 5.92 Å². The fourth-order valence-corrected chi connectivity index (χ4v) is 4.51. The highest BCUT2D eigenvalue weighted by Gasteiger charge is 2.36. The number of aliphatic imine (C=N–C) groups is 1. The number of anilines is 2.